The van der Waals surface area contributed by atoms with Gasteiger partial charge in [0.1, 0.15) is 6.61 Å². The maximum absolute atomic E-state index is 14.4. The fourth-order valence-electron chi connectivity index (χ4n) is 3.13. The molecule has 0 atom stereocenters. The number of fused-ring (bicyclic) bond motifs is 1. The Morgan fingerprint density at radius 3 is 2.59 bits per heavy atom. The van der Waals surface area contributed by atoms with Gasteiger partial charge >= 0.3 is 18.0 Å². The monoisotopic (exact) mass is 409 g/mol. The number of hydrogen-bond acceptors (Lipinski definition) is 6. The number of benzene rings is 1. The van der Waals surface area contributed by atoms with Gasteiger partial charge in [0.15, 0.2) is 5.83 Å². The van der Waals surface area contributed by atoms with Gasteiger partial charge in [-0.05, 0) is 37.8 Å². The summed E-state index contributed by atoms with van der Waals surface area (Å²) in [6.07, 6.45) is 0.662. The van der Waals surface area contributed by atoms with E-state index in [1.165, 1.54) is 20.1 Å². The van der Waals surface area contributed by atoms with E-state index in [0.717, 1.165) is 0 Å². The van der Waals surface area contributed by atoms with E-state index in [-0.39, 0.29) is 47.4 Å². The maximum Gasteiger partial charge on any atom is 0.341 e. The molecule has 0 radical (unpaired) electrons. The summed E-state index contributed by atoms with van der Waals surface area (Å²) in [5.41, 5.74) is 0.207. The summed E-state index contributed by atoms with van der Waals surface area (Å²) in [4.78, 5) is 37.8. The molecule has 0 spiro atoms. The molecule has 0 aliphatic carbocycles. The van der Waals surface area contributed by atoms with E-state index < -0.39 is 29.4 Å². The number of methoxy groups -OCH3 is 1. The van der Waals surface area contributed by atoms with Gasteiger partial charge in [0.2, 0.25) is 6.08 Å². The van der Waals surface area contributed by atoms with E-state index in [1.807, 2.05) is 0 Å². The molecule has 0 amide bonds. The summed E-state index contributed by atoms with van der Waals surface area (Å²) < 4.78 is 50.0. The van der Waals surface area contributed by atoms with Crippen molar-refractivity contribution in [2.75, 3.05) is 7.11 Å². The molecule has 29 heavy (non-hydrogen) atoms. The van der Waals surface area contributed by atoms with Crippen molar-refractivity contribution in [3.8, 4) is 0 Å². The van der Waals surface area contributed by atoms with Crippen LogP contribution in [-0.4, -0.2) is 25.1 Å². The number of halogens is 3. The Labute approximate surface area is 164 Å². The molecular weight excluding hydrogens is 391 g/mol. The number of allylic oxidation sites excluding steroid dienone is 2. The quantitative estimate of drug-likeness (QED) is 0.284. The number of carbonyl (C=O) groups excluding carboxylic acids is 3. The molecule has 0 saturated heterocycles. The molecule has 1 aromatic rings. The first-order chi connectivity index (χ1) is 13.7. The smallest absolute Gasteiger partial charge is 0.341 e. The van der Waals surface area contributed by atoms with Gasteiger partial charge in [-0.15, -0.1) is 0 Å². The van der Waals surface area contributed by atoms with Gasteiger partial charge in [0.05, 0.1) is 18.4 Å². The van der Waals surface area contributed by atoms with Crippen LogP contribution in [0.5, 0.6) is 0 Å². The summed E-state index contributed by atoms with van der Waals surface area (Å²) >= 11 is 0. The second kappa shape index (κ2) is 9.34. The van der Waals surface area contributed by atoms with Crippen molar-refractivity contribution in [1.29, 1.82) is 0 Å². The first-order valence-corrected chi connectivity index (χ1v) is 8.59. The number of carbonyl (C=O) groups is 2. The van der Waals surface area contributed by atoms with Crippen LogP contribution in [0.1, 0.15) is 52.4 Å². The Bertz CT molecular complexity index is 971. The van der Waals surface area contributed by atoms with Crippen LogP contribution >= 0.6 is 0 Å². The van der Waals surface area contributed by atoms with Crippen LogP contribution in [0.25, 0.3) is 5.83 Å². The minimum atomic E-state index is -2.54. The van der Waals surface area contributed by atoms with E-state index in [9.17, 15) is 27.6 Å². The first-order valence-electron chi connectivity index (χ1n) is 8.59. The van der Waals surface area contributed by atoms with E-state index >= 15 is 0 Å². The molecule has 9 heteroatoms. The van der Waals surface area contributed by atoms with Crippen molar-refractivity contribution >= 4 is 29.5 Å². The third-order valence-electron chi connectivity index (χ3n) is 4.65. The summed E-state index contributed by atoms with van der Waals surface area (Å²) in [5, 5.41) is 0. The van der Waals surface area contributed by atoms with E-state index in [4.69, 9.17) is 4.74 Å². The summed E-state index contributed by atoms with van der Waals surface area (Å²) in [7, 11) is 1.25. The van der Waals surface area contributed by atoms with Crippen molar-refractivity contribution in [2.24, 2.45) is 4.99 Å². The third kappa shape index (κ3) is 4.63. The second-order valence-corrected chi connectivity index (χ2v) is 6.37. The van der Waals surface area contributed by atoms with Crippen LogP contribution in [0, 0.1) is 6.92 Å². The second-order valence-electron chi connectivity index (χ2n) is 6.37. The van der Waals surface area contributed by atoms with E-state index in [0.29, 0.717) is 12.0 Å². The van der Waals surface area contributed by atoms with Crippen molar-refractivity contribution in [3.05, 3.63) is 45.5 Å². The largest absolute Gasteiger partial charge is 0.469 e. The summed E-state index contributed by atoms with van der Waals surface area (Å²) in [6, 6.07) is 0. The van der Waals surface area contributed by atoms with Crippen molar-refractivity contribution < 1.29 is 37.0 Å². The van der Waals surface area contributed by atoms with Crippen LogP contribution in [0.2, 0.25) is 0 Å². The third-order valence-corrected chi connectivity index (χ3v) is 4.65. The zero-order chi connectivity index (χ0) is 21.7. The van der Waals surface area contributed by atoms with Gasteiger partial charge in [-0.1, -0.05) is 11.6 Å². The fourth-order valence-corrected chi connectivity index (χ4v) is 3.13. The van der Waals surface area contributed by atoms with E-state index in [2.05, 4.69) is 9.73 Å². The zero-order valence-electron chi connectivity index (χ0n) is 16.0. The lowest BCUT2D eigenvalue weighted by Crippen LogP contribution is -2.05. The molecule has 1 heterocycles. The number of ether oxygens (including phenoxy) is 2. The molecular formula is C20H18F3NO5. The van der Waals surface area contributed by atoms with Crippen molar-refractivity contribution in [2.45, 2.75) is 39.7 Å². The zero-order valence-corrected chi connectivity index (χ0v) is 16.0. The minimum absolute atomic E-state index is 0.0581. The number of hydrogen-bond donors (Lipinski definition) is 0. The predicted octanol–water partition coefficient (Wildman–Crippen LogP) is 4.61. The average molecular weight is 409 g/mol. The van der Waals surface area contributed by atoms with Crippen molar-refractivity contribution in [3.63, 3.8) is 0 Å². The van der Waals surface area contributed by atoms with Crippen LogP contribution in [0.4, 0.5) is 18.9 Å². The van der Waals surface area contributed by atoms with Gasteiger partial charge in [0.25, 0.3) is 0 Å². The molecule has 1 aliphatic rings. The van der Waals surface area contributed by atoms with Crippen LogP contribution in [-0.2, 0) is 32.1 Å². The average Bonchev–Trinajstić information content (AvgIpc) is 3.08. The molecule has 0 saturated carbocycles. The number of cyclic esters (lactones) is 1. The maximum atomic E-state index is 14.4. The molecule has 0 bridgehead atoms. The molecule has 0 unspecified atom stereocenters. The standard InChI is InChI=1S/C20H18F3NO5/c1-10(5-7-14(26)28-3)4-6-12-15(17(21)19(22)23)11(2)13-8-29-20(27)16(13)18(12)24-9-25/h4H,5-8H2,1-3H3/b10-4+. The lowest BCUT2D eigenvalue weighted by atomic mass is 9.88. The molecule has 0 aromatic heterocycles. The summed E-state index contributed by atoms with van der Waals surface area (Å²) in [5.74, 6) is -2.96. The molecule has 6 nitrogen and oxygen atoms in total. The predicted molar refractivity (Wildman–Crippen MR) is 97.0 cm³/mol. The van der Waals surface area contributed by atoms with Crippen molar-refractivity contribution in [1.82, 2.24) is 0 Å². The Kier molecular flexibility index (Phi) is 7.12. The SMILES string of the molecule is COC(=O)CC/C(C)=C/Cc1c(N=C=O)c2c(c(C)c1C(F)=C(F)F)COC2=O. The number of rotatable bonds is 7. The molecule has 0 fully saturated rings. The fraction of sp³-hybridized carbons (Fsp3) is 0.350. The van der Waals surface area contributed by atoms with Gasteiger partial charge in [-0.3, -0.25) is 4.79 Å². The highest BCUT2D eigenvalue weighted by Crippen LogP contribution is 2.42. The topological polar surface area (TPSA) is 82.0 Å². The number of nitrogens with zero attached hydrogens (tertiary/aromatic N) is 1. The number of isocyanates is 1. The number of esters is 2. The Hall–Kier alpha value is -3.19. The highest BCUT2D eigenvalue weighted by Gasteiger charge is 2.33. The van der Waals surface area contributed by atoms with Gasteiger partial charge in [0, 0.05) is 17.5 Å². The van der Waals surface area contributed by atoms with Gasteiger partial charge in [-0.25, -0.2) is 14.0 Å². The minimum Gasteiger partial charge on any atom is -0.469 e. The lowest BCUT2D eigenvalue weighted by molar-refractivity contribution is -0.140. The lowest BCUT2D eigenvalue weighted by Gasteiger charge is -2.16. The first kappa shape index (κ1) is 22.1. The molecule has 0 N–H and O–H groups in total. The highest BCUT2D eigenvalue weighted by molar-refractivity contribution is 6.01. The highest BCUT2D eigenvalue weighted by atomic mass is 19.3. The Morgan fingerprint density at radius 1 is 1.31 bits per heavy atom. The molecule has 154 valence electrons. The van der Waals surface area contributed by atoms with Gasteiger partial charge in [-0.2, -0.15) is 13.8 Å². The number of aliphatic imine (C=N–C) groups is 1. The molecule has 2 rings (SSSR count). The summed E-state index contributed by atoms with van der Waals surface area (Å²) in [6.45, 7) is 2.86. The Morgan fingerprint density at radius 2 is 2.00 bits per heavy atom. The Balaban J connectivity index is 2.65. The van der Waals surface area contributed by atoms with E-state index in [1.54, 1.807) is 13.0 Å². The molecule has 1 aromatic carbocycles. The van der Waals surface area contributed by atoms with Crippen LogP contribution < -0.4 is 0 Å². The van der Waals surface area contributed by atoms with Crippen LogP contribution in [0.3, 0.4) is 0 Å². The van der Waals surface area contributed by atoms with Gasteiger partial charge < -0.3 is 9.47 Å². The van der Waals surface area contributed by atoms with Crippen LogP contribution in [0.15, 0.2) is 22.7 Å². The molecule has 1 aliphatic heterocycles. The normalized spacial score (nSPS) is 12.8.